The lowest BCUT2D eigenvalue weighted by molar-refractivity contribution is -0.139. The van der Waals surface area contributed by atoms with Gasteiger partial charge in [0.1, 0.15) is 18.4 Å². The van der Waals surface area contributed by atoms with Crippen molar-refractivity contribution >= 4 is 22.6 Å². The van der Waals surface area contributed by atoms with Gasteiger partial charge in [-0.3, -0.25) is 4.79 Å². The van der Waals surface area contributed by atoms with Crippen molar-refractivity contribution in [2.24, 2.45) is 0 Å². The lowest BCUT2D eigenvalue weighted by atomic mass is 10.0. The van der Waals surface area contributed by atoms with Gasteiger partial charge >= 0.3 is 5.97 Å². The summed E-state index contributed by atoms with van der Waals surface area (Å²) in [6, 6.07) is 27.6. The summed E-state index contributed by atoms with van der Waals surface area (Å²) in [5.74, 6) is -0.731. The van der Waals surface area contributed by atoms with E-state index in [9.17, 15) is 14.7 Å². The van der Waals surface area contributed by atoms with E-state index in [0.717, 1.165) is 34.1 Å². The quantitative estimate of drug-likeness (QED) is 0.355. The summed E-state index contributed by atoms with van der Waals surface area (Å²) < 4.78 is 5.97. The van der Waals surface area contributed by atoms with Crippen molar-refractivity contribution < 1.29 is 19.4 Å². The highest BCUT2D eigenvalue weighted by Crippen LogP contribution is 2.23. The van der Waals surface area contributed by atoms with Gasteiger partial charge in [0.25, 0.3) is 5.91 Å². The van der Waals surface area contributed by atoms with Gasteiger partial charge in [-0.2, -0.15) is 0 Å². The van der Waals surface area contributed by atoms with Crippen LogP contribution < -0.4 is 10.1 Å². The summed E-state index contributed by atoms with van der Waals surface area (Å²) in [5.41, 5.74) is 3.66. The van der Waals surface area contributed by atoms with Crippen LogP contribution in [0.2, 0.25) is 0 Å². The van der Waals surface area contributed by atoms with Crippen molar-refractivity contribution in [1.29, 1.82) is 0 Å². The van der Waals surface area contributed by atoms with Gasteiger partial charge < -0.3 is 15.2 Å². The summed E-state index contributed by atoms with van der Waals surface area (Å²) >= 11 is 0. The Bertz CT molecular complexity index is 1300. The molecule has 1 unspecified atom stereocenters. The van der Waals surface area contributed by atoms with Crippen LogP contribution in [0.4, 0.5) is 0 Å². The van der Waals surface area contributed by atoms with Crippen LogP contribution in [0.3, 0.4) is 0 Å². The first-order valence-corrected chi connectivity index (χ1v) is 11.3. The predicted molar refractivity (Wildman–Crippen MR) is 133 cm³/mol. The smallest absolute Gasteiger partial charge is 0.326 e. The van der Waals surface area contributed by atoms with Gasteiger partial charge in [-0.05, 0) is 58.1 Å². The maximum Gasteiger partial charge on any atom is 0.326 e. The molecule has 0 aromatic heterocycles. The molecule has 0 fully saturated rings. The zero-order chi connectivity index (χ0) is 23.9. The Kier molecular flexibility index (Phi) is 7.23. The molecule has 172 valence electrons. The minimum atomic E-state index is -1.07. The molecule has 0 saturated heterocycles. The molecule has 5 heteroatoms. The second-order valence-electron chi connectivity index (χ2n) is 8.24. The number of benzene rings is 4. The number of hydrogen-bond acceptors (Lipinski definition) is 3. The number of carbonyl (C=O) groups is 2. The van der Waals surface area contributed by atoms with E-state index in [1.807, 2.05) is 66.7 Å². The average molecular weight is 454 g/mol. The molecule has 34 heavy (non-hydrogen) atoms. The zero-order valence-corrected chi connectivity index (χ0v) is 19.0. The summed E-state index contributed by atoms with van der Waals surface area (Å²) in [4.78, 5) is 24.5. The molecule has 1 atom stereocenters. The third-order valence-corrected chi connectivity index (χ3v) is 5.77. The summed E-state index contributed by atoms with van der Waals surface area (Å²) in [6.45, 7) is 2.61. The van der Waals surface area contributed by atoms with Crippen LogP contribution in [-0.2, 0) is 24.2 Å². The van der Waals surface area contributed by atoms with E-state index in [1.165, 1.54) is 5.56 Å². The Morgan fingerprint density at radius 2 is 1.53 bits per heavy atom. The number of nitrogens with one attached hydrogen (secondary N) is 1. The Morgan fingerprint density at radius 3 is 2.29 bits per heavy atom. The normalized spacial score (nSPS) is 11.7. The number of carboxylic acid groups (broad SMARTS) is 1. The van der Waals surface area contributed by atoms with E-state index in [-0.39, 0.29) is 6.42 Å². The second-order valence-corrected chi connectivity index (χ2v) is 8.24. The van der Waals surface area contributed by atoms with Gasteiger partial charge in [0, 0.05) is 12.0 Å². The molecule has 0 aliphatic heterocycles. The highest BCUT2D eigenvalue weighted by atomic mass is 16.5. The Labute approximate surface area is 199 Å². The third-order valence-electron chi connectivity index (χ3n) is 5.77. The molecular weight excluding hydrogens is 426 g/mol. The molecule has 4 aromatic carbocycles. The number of carbonyl (C=O) groups excluding carboxylic acids is 1. The number of hydrogen-bond donors (Lipinski definition) is 2. The Balaban J connectivity index is 1.44. The van der Waals surface area contributed by atoms with Gasteiger partial charge in [-0.1, -0.05) is 73.7 Å². The van der Waals surface area contributed by atoms with Crippen molar-refractivity contribution in [3.05, 3.63) is 113 Å². The molecule has 1 amide bonds. The number of rotatable bonds is 9. The van der Waals surface area contributed by atoms with E-state index in [0.29, 0.717) is 12.2 Å². The van der Waals surface area contributed by atoms with Gasteiger partial charge in [0.15, 0.2) is 0 Å². The molecular formula is C29H27NO4. The molecule has 5 nitrogen and oxygen atoms in total. The van der Waals surface area contributed by atoms with Crippen LogP contribution >= 0.6 is 0 Å². The molecule has 0 heterocycles. The van der Waals surface area contributed by atoms with Crippen LogP contribution in [-0.4, -0.2) is 23.0 Å². The molecule has 2 N–H and O–H groups in total. The zero-order valence-electron chi connectivity index (χ0n) is 19.0. The maximum absolute atomic E-state index is 12.8. The van der Waals surface area contributed by atoms with E-state index in [1.54, 1.807) is 12.1 Å². The number of aliphatic carboxylic acids is 1. The Hall–Kier alpha value is -4.12. The third kappa shape index (κ3) is 5.81. The van der Waals surface area contributed by atoms with Gasteiger partial charge in [-0.25, -0.2) is 4.79 Å². The first-order chi connectivity index (χ1) is 16.5. The van der Waals surface area contributed by atoms with Gasteiger partial charge in [-0.15, -0.1) is 0 Å². The monoisotopic (exact) mass is 453 g/mol. The van der Waals surface area contributed by atoms with Crippen molar-refractivity contribution in [1.82, 2.24) is 5.32 Å². The molecule has 0 aliphatic carbocycles. The minimum Gasteiger partial charge on any atom is -0.489 e. The van der Waals surface area contributed by atoms with E-state index < -0.39 is 17.9 Å². The van der Waals surface area contributed by atoms with Crippen LogP contribution in [0.15, 0.2) is 91.0 Å². The largest absolute Gasteiger partial charge is 0.489 e. The first kappa shape index (κ1) is 23.1. The van der Waals surface area contributed by atoms with Crippen molar-refractivity contribution in [3.8, 4) is 5.75 Å². The standard InChI is InChI=1S/C29H27NO4/c1-2-20-9-6-10-22(15-20)19-34-26-14-13-23-17-25(12-11-24(23)18-26)28(31)30-27(29(32)33)16-21-7-4-3-5-8-21/h3-15,17-18,27H,2,16,19H2,1H3,(H,30,31)(H,32,33). The summed E-state index contributed by atoms with van der Waals surface area (Å²) in [6.07, 6.45) is 1.20. The van der Waals surface area contributed by atoms with Crippen LogP contribution in [0.25, 0.3) is 10.8 Å². The fraction of sp³-hybridized carbons (Fsp3) is 0.172. The molecule has 0 saturated carbocycles. The fourth-order valence-corrected chi connectivity index (χ4v) is 3.85. The lowest BCUT2D eigenvalue weighted by Crippen LogP contribution is -2.42. The summed E-state index contributed by atoms with van der Waals surface area (Å²) in [5, 5.41) is 14.0. The second kappa shape index (κ2) is 10.7. The van der Waals surface area contributed by atoms with Gasteiger partial charge in [0.2, 0.25) is 0 Å². The van der Waals surface area contributed by atoms with Crippen molar-refractivity contribution in [2.75, 3.05) is 0 Å². The predicted octanol–water partition coefficient (Wildman–Crippen LogP) is 5.41. The number of carboxylic acids is 1. The topological polar surface area (TPSA) is 75.6 Å². The number of ether oxygens (including phenoxy) is 1. The van der Waals surface area contributed by atoms with E-state index >= 15 is 0 Å². The Morgan fingerprint density at radius 1 is 0.824 bits per heavy atom. The van der Waals surface area contributed by atoms with E-state index in [2.05, 4.69) is 24.4 Å². The highest BCUT2D eigenvalue weighted by Gasteiger charge is 2.21. The fourth-order valence-electron chi connectivity index (χ4n) is 3.85. The molecule has 0 aliphatic rings. The highest BCUT2D eigenvalue weighted by molar-refractivity contribution is 6.00. The summed E-state index contributed by atoms with van der Waals surface area (Å²) in [7, 11) is 0. The molecule has 0 spiro atoms. The minimum absolute atomic E-state index is 0.220. The average Bonchev–Trinajstić information content (AvgIpc) is 2.87. The van der Waals surface area contributed by atoms with Crippen molar-refractivity contribution in [3.63, 3.8) is 0 Å². The van der Waals surface area contributed by atoms with E-state index in [4.69, 9.17) is 4.74 Å². The molecule has 0 bridgehead atoms. The number of amides is 1. The van der Waals surface area contributed by atoms with Gasteiger partial charge in [0.05, 0.1) is 0 Å². The molecule has 4 aromatic rings. The van der Waals surface area contributed by atoms with Crippen LogP contribution in [0, 0.1) is 0 Å². The maximum atomic E-state index is 12.8. The molecule has 0 radical (unpaired) electrons. The van der Waals surface area contributed by atoms with Crippen molar-refractivity contribution in [2.45, 2.75) is 32.4 Å². The molecule has 4 rings (SSSR count). The first-order valence-electron chi connectivity index (χ1n) is 11.3. The van der Waals surface area contributed by atoms with Crippen LogP contribution in [0.1, 0.15) is 34.0 Å². The van der Waals surface area contributed by atoms with Crippen LogP contribution in [0.5, 0.6) is 5.75 Å². The lowest BCUT2D eigenvalue weighted by Gasteiger charge is -2.15. The number of aryl methyl sites for hydroxylation is 1. The SMILES string of the molecule is CCc1cccc(COc2ccc3cc(C(=O)NC(Cc4ccccc4)C(=O)O)ccc3c2)c1. The number of fused-ring (bicyclic) bond motifs is 1.